The van der Waals surface area contributed by atoms with E-state index < -0.39 is 5.97 Å². The maximum absolute atomic E-state index is 10.6. The Morgan fingerprint density at radius 3 is 2.50 bits per heavy atom. The molecule has 0 amide bonds. The second-order valence-electron chi connectivity index (χ2n) is 5.44. The van der Waals surface area contributed by atoms with Gasteiger partial charge in [0.05, 0.1) is 24.2 Å². The summed E-state index contributed by atoms with van der Waals surface area (Å²) in [4.78, 5) is 17.1. The topological polar surface area (TPSA) is 98.8 Å². The third kappa shape index (κ3) is 4.83. The van der Waals surface area contributed by atoms with E-state index in [4.69, 9.17) is 15.3 Å². The van der Waals surface area contributed by atoms with Crippen LogP contribution in [0.25, 0.3) is 11.0 Å². The number of carbonyl (C=O) groups is 1. The molecule has 2 rings (SSSR count). The minimum absolute atomic E-state index is 0. The predicted octanol–water partition coefficient (Wildman–Crippen LogP) is 1.19. The van der Waals surface area contributed by atoms with Crippen molar-refractivity contribution in [1.82, 2.24) is 9.55 Å². The molecule has 0 radical (unpaired) electrons. The van der Waals surface area contributed by atoms with Crippen LogP contribution in [0.3, 0.4) is 0 Å². The molecule has 3 N–H and O–H groups in total. The van der Waals surface area contributed by atoms with E-state index in [2.05, 4.69) is 4.98 Å². The fraction of sp³-hybridized carbons (Fsp3) is 0.500. The fourth-order valence-corrected chi connectivity index (χ4v) is 2.66. The van der Waals surface area contributed by atoms with E-state index in [1.165, 1.54) is 0 Å². The normalized spacial score (nSPS) is 10.6. The van der Waals surface area contributed by atoms with Gasteiger partial charge in [-0.25, -0.2) is 4.98 Å². The average Bonchev–Trinajstić information content (AvgIpc) is 2.83. The number of aromatic nitrogens is 2. The van der Waals surface area contributed by atoms with Crippen LogP contribution in [0.5, 0.6) is 0 Å². The van der Waals surface area contributed by atoms with Crippen LogP contribution in [0, 0.1) is 0 Å². The number of nitrogens with zero attached hydrogens (tertiary/aromatic N) is 3. The summed E-state index contributed by atoms with van der Waals surface area (Å²) in [6, 6.07) is 5.81. The molecule has 0 spiro atoms. The lowest BCUT2D eigenvalue weighted by Crippen LogP contribution is -2.29. The molecule has 8 heteroatoms. The molecule has 2 aromatic rings. The number of fused-ring (bicyclic) bond motifs is 1. The van der Waals surface area contributed by atoms with Gasteiger partial charge in [-0.05, 0) is 24.6 Å². The molecule has 0 saturated carbocycles. The highest BCUT2D eigenvalue weighted by Crippen LogP contribution is 2.23. The SMILES string of the molecule is Cl.Cn1c(CCCC(=O)O)nc2ccc(N(CCO)CCO)cc21. The van der Waals surface area contributed by atoms with E-state index in [9.17, 15) is 4.79 Å². The monoisotopic (exact) mass is 357 g/mol. The summed E-state index contributed by atoms with van der Waals surface area (Å²) in [6.07, 6.45) is 1.31. The summed E-state index contributed by atoms with van der Waals surface area (Å²) < 4.78 is 1.97. The van der Waals surface area contributed by atoms with Gasteiger partial charge in [-0.2, -0.15) is 0 Å². The highest BCUT2D eigenvalue weighted by Gasteiger charge is 2.12. The molecule has 7 nitrogen and oxygen atoms in total. The summed E-state index contributed by atoms with van der Waals surface area (Å²) in [6.45, 7) is 0.943. The van der Waals surface area contributed by atoms with E-state index in [0.717, 1.165) is 22.5 Å². The van der Waals surface area contributed by atoms with Crippen molar-refractivity contribution < 1.29 is 20.1 Å². The molecule has 134 valence electrons. The van der Waals surface area contributed by atoms with Gasteiger partial charge in [0, 0.05) is 38.7 Å². The van der Waals surface area contributed by atoms with Crippen molar-refractivity contribution >= 4 is 35.1 Å². The van der Waals surface area contributed by atoms with Gasteiger partial charge in [0.25, 0.3) is 0 Å². The molecule has 0 aliphatic heterocycles. The number of aryl methyl sites for hydroxylation is 2. The van der Waals surface area contributed by atoms with Crippen LogP contribution in [-0.2, 0) is 18.3 Å². The summed E-state index contributed by atoms with van der Waals surface area (Å²) in [7, 11) is 1.91. The van der Waals surface area contributed by atoms with Crippen LogP contribution >= 0.6 is 12.4 Å². The Labute approximate surface area is 146 Å². The van der Waals surface area contributed by atoms with E-state index >= 15 is 0 Å². The Morgan fingerprint density at radius 1 is 1.25 bits per heavy atom. The zero-order valence-corrected chi connectivity index (χ0v) is 14.5. The van der Waals surface area contributed by atoms with Crippen molar-refractivity contribution in [3.05, 3.63) is 24.0 Å². The van der Waals surface area contributed by atoms with Crippen molar-refractivity contribution in [3.8, 4) is 0 Å². The third-order valence-corrected chi connectivity index (χ3v) is 3.85. The lowest BCUT2D eigenvalue weighted by atomic mass is 10.2. The summed E-state index contributed by atoms with van der Waals surface area (Å²) in [5.74, 6) is 0.0592. The molecule has 0 atom stereocenters. The number of halogens is 1. The van der Waals surface area contributed by atoms with Gasteiger partial charge < -0.3 is 24.8 Å². The highest BCUT2D eigenvalue weighted by molar-refractivity contribution is 5.85. The van der Waals surface area contributed by atoms with E-state index in [1.807, 2.05) is 34.7 Å². The maximum Gasteiger partial charge on any atom is 0.303 e. The molecule has 1 aromatic carbocycles. The number of aliphatic hydroxyl groups is 2. The first kappa shape index (κ1) is 20.2. The minimum Gasteiger partial charge on any atom is -0.481 e. The summed E-state index contributed by atoms with van der Waals surface area (Å²) >= 11 is 0. The summed E-state index contributed by atoms with van der Waals surface area (Å²) in [5, 5.41) is 27.0. The second kappa shape index (κ2) is 9.46. The quantitative estimate of drug-likeness (QED) is 0.623. The highest BCUT2D eigenvalue weighted by atomic mass is 35.5. The molecule has 0 fully saturated rings. The molecule has 0 aliphatic carbocycles. The van der Waals surface area contributed by atoms with Gasteiger partial charge in [-0.3, -0.25) is 4.79 Å². The van der Waals surface area contributed by atoms with E-state index in [1.54, 1.807) is 0 Å². The standard InChI is InChI=1S/C16H23N3O4.ClH/c1-18-14-11-12(19(7-9-20)8-10-21)5-6-13(14)17-15(18)3-2-4-16(22)23;/h5-6,11,20-21H,2-4,7-10H2,1H3,(H,22,23);1H. The van der Waals surface area contributed by atoms with Crippen LogP contribution in [0.1, 0.15) is 18.7 Å². The first-order valence-corrected chi connectivity index (χ1v) is 7.70. The number of hydrogen-bond donors (Lipinski definition) is 3. The first-order valence-electron chi connectivity index (χ1n) is 7.70. The van der Waals surface area contributed by atoms with Crippen LogP contribution < -0.4 is 4.90 Å². The van der Waals surface area contributed by atoms with Crippen LogP contribution in [0.4, 0.5) is 5.69 Å². The molecular weight excluding hydrogens is 334 g/mol. The molecule has 0 aliphatic rings. The molecule has 1 heterocycles. The summed E-state index contributed by atoms with van der Waals surface area (Å²) in [5.41, 5.74) is 2.73. The van der Waals surface area contributed by atoms with Gasteiger partial charge >= 0.3 is 5.97 Å². The predicted molar refractivity (Wildman–Crippen MR) is 94.9 cm³/mol. The number of carboxylic acid groups (broad SMARTS) is 1. The van der Waals surface area contributed by atoms with Gasteiger partial charge in [0.15, 0.2) is 0 Å². The number of hydrogen-bond acceptors (Lipinski definition) is 5. The minimum atomic E-state index is -0.797. The van der Waals surface area contributed by atoms with Crippen LogP contribution in [-0.4, -0.2) is 57.1 Å². The average molecular weight is 358 g/mol. The van der Waals surface area contributed by atoms with E-state index in [-0.39, 0.29) is 32.0 Å². The second-order valence-corrected chi connectivity index (χ2v) is 5.44. The Hall–Kier alpha value is -1.83. The van der Waals surface area contributed by atoms with Crippen LogP contribution in [0.2, 0.25) is 0 Å². The largest absolute Gasteiger partial charge is 0.481 e. The molecule has 0 unspecified atom stereocenters. The molecule has 1 aromatic heterocycles. The Balaban J connectivity index is 0.00000288. The number of aliphatic carboxylic acids is 1. The van der Waals surface area contributed by atoms with Crippen LogP contribution in [0.15, 0.2) is 18.2 Å². The van der Waals surface area contributed by atoms with Crippen molar-refractivity contribution in [2.24, 2.45) is 7.05 Å². The fourth-order valence-electron chi connectivity index (χ4n) is 2.66. The van der Waals surface area contributed by atoms with Gasteiger partial charge in [-0.15, -0.1) is 12.4 Å². The smallest absolute Gasteiger partial charge is 0.303 e. The lowest BCUT2D eigenvalue weighted by molar-refractivity contribution is -0.137. The van der Waals surface area contributed by atoms with Crippen molar-refractivity contribution in [2.45, 2.75) is 19.3 Å². The first-order chi connectivity index (χ1) is 11.1. The van der Waals surface area contributed by atoms with Crippen molar-refractivity contribution in [3.63, 3.8) is 0 Å². The molecule has 0 saturated heterocycles. The molecule has 0 bridgehead atoms. The molecular formula is C16H24ClN3O4. The van der Waals surface area contributed by atoms with Crippen molar-refractivity contribution in [1.29, 1.82) is 0 Å². The third-order valence-electron chi connectivity index (χ3n) is 3.85. The molecule has 24 heavy (non-hydrogen) atoms. The number of carboxylic acids is 1. The van der Waals surface area contributed by atoms with E-state index in [0.29, 0.717) is 25.9 Å². The number of rotatable bonds is 9. The Morgan fingerprint density at radius 2 is 1.92 bits per heavy atom. The Bertz CT molecular complexity index is 669. The van der Waals surface area contributed by atoms with Gasteiger partial charge in [0.2, 0.25) is 0 Å². The number of benzene rings is 1. The number of anilines is 1. The van der Waals surface area contributed by atoms with Gasteiger partial charge in [-0.1, -0.05) is 0 Å². The zero-order valence-electron chi connectivity index (χ0n) is 13.7. The maximum atomic E-state index is 10.6. The Kier molecular flexibility index (Phi) is 7.97. The number of imidazole rings is 1. The van der Waals surface area contributed by atoms with Crippen molar-refractivity contribution in [2.75, 3.05) is 31.2 Å². The van der Waals surface area contributed by atoms with Gasteiger partial charge in [0.1, 0.15) is 5.82 Å². The number of aliphatic hydroxyl groups excluding tert-OH is 2. The lowest BCUT2D eigenvalue weighted by Gasteiger charge is -2.23. The zero-order chi connectivity index (χ0) is 16.8.